The minimum Gasteiger partial charge on any atom is -0.508 e. The number of carbonyl (C=O) groups is 2. The van der Waals surface area contributed by atoms with Crippen LogP contribution in [0.5, 0.6) is 34.5 Å². The quantitative estimate of drug-likeness (QED) is 0.122. The maximum atomic E-state index is 13.7. The first kappa shape index (κ1) is 29.3. The monoisotopic (exact) mass is 580 g/mol. The normalized spacial score (nSPS) is 15.9. The molecule has 4 N–H and O–H groups in total. The Labute approximate surface area is 249 Å². The number of hydrogen-bond acceptors (Lipinski definition) is 8. The summed E-state index contributed by atoms with van der Waals surface area (Å²) in [5, 5.41) is 40.1. The van der Waals surface area contributed by atoms with E-state index in [0.29, 0.717) is 24.0 Å². The molecule has 0 fully saturated rings. The number of benzene rings is 4. The molecule has 220 valence electrons. The Balaban J connectivity index is 1.50. The van der Waals surface area contributed by atoms with Crippen molar-refractivity contribution in [3.8, 4) is 34.5 Å². The zero-order chi connectivity index (χ0) is 30.5. The van der Waals surface area contributed by atoms with Gasteiger partial charge in [-0.25, -0.2) is 0 Å². The third kappa shape index (κ3) is 6.81. The van der Waals surface area contributed by atoms with Gasteiger partial charge in [-0.1, -0.05) is 42.5 Å². The van der Waals surface area contributed by atoms with Gasteiger partial charge in [-0.05, 0) is 72.0 Å². The molecule has 8 heteroatoms. The van der Waals surface area contributed by atoms with Crippen LogP contribution in [0.25, 0.3) is 6.08 Å². The van der Waals surface area contributed by atoms with Gasteiger partial charge in [-0.15, -0.1) is 0 Å². The van der Waals surface area contributed by atoms with Gasteiger partial charge in [0.15, 0.2) is 5.78 Å². The van der Waals surface area contributed by atoms with E-state index in [1.807, 2.05) is 0 Å². The second kappa shape index (κ2) is 12.7. The molecule has 0 aromatic heterocycles. The number of ketones is 2. The lowest BCUT2D eigenvalue weighted by Gasteiger charge is -2.34. The number of aryl methyl sites for hydroxylation is 1. The van der Waals surface area contributed by atoms with Crippen LogP contribution in [0.3, 0.4) is 0 Å². The topological polar surface area (TPSA) is 134 Å². The fourth-order valence-electron chi connectivity index (χ4n) is 5.36. The van der Waals surface area contributed by atoms with Crippen molar-refractivity contribution in [1.82, 2.24) is 0 Å². The number of fused-ring (bicyclic) bond motifs is 1. The van der Waals surface area contributed by atoms with Gasteiger partial charge in [0.05, 0.1) is 7.11 Å². The first-order valence-electron chi connectivity index (χ1n) is 13.9. The largest absolute Gasteiger partial charge is 0.508 e. The second-order valence-electron chi connectivity index (χ2n) is 10.5. The number of allylic oxidation sites excluding steroid dienone is 1. The highest BCUT2D eigenvalue weighted by atomic mass is 16.5. The molecule has 0 saturated carbocycles. The van der Waals surface area contributed by atoms with Gasteiger partial charge >= 0.3 is 0 Å². The van der Waals surface area contributed by atoms with E-state index < -0.39 is 17.8 Å². The van der Waals surface area contributed by atoms with Crippen LogP contribution in [-0.4, -0.2) is 39.1 Å². The van der Waals surface area contributed by atoms with Gasteiger partial charge < -0.3 is 29.9 Å². The van der Waals surface area contributed by atoms with Crippen molar-refractivity contribution in [1.29, 1.82) is 0 Å². The van der Waals surface area contributed by atoms with E-state index in [4.69, 9.17) is 9.47 Å². The number of hydrogen-bond donors (Lipinski definition) is 4. The minimum atomic E-state index is -0.567. The lowest BCUT2D eigenvalue weighted by atomic mass is 9.81. The molecule has 0 bridgehead atoms. The zero-order valence-electron chi connectivity index (χ0n) is 23.6. The van der Waals surface area contributed by atoms with E-state index in [9.17, 15) is 30.0 Å². The minimum absolute atomic E-state index is 0.0225. The predicted molar refractivity (Wildman–Crippen MR) is 161 cm³/mol. The summed E-state index contributed by atoms with van der Waals surface area (Å²) in [5.41, 5.74) is 2.84. The summed E-state index contributed by atoms with van der Waals surface area (Å²) in [5.74, 6) is -0.414. The third-order valence-electron chi connectivity index (χ3n) is 7.58. The molecule has 2 atom stereocenters. The smallest absolute Gasteiger partial charge is 0.193 e. The standard InChI is InChI=1S/C35H32O8/c1-42-32-20-30(41)33-24(18-28(39)14-6-21-2-10-25(36)11-3-21)19-31(23-8-15-27(38)16-9-23)43-35(33)34(32)29(40)17-7-22-4-12-26(37)13-5-22/h2-5,7-13,15-17,20,24,31,36-38,41H,6,14,18-19H2,1H3/b17-7+/t24-,31-/m0/s1. The molecule has 5 rings (SSSR count). The Kier molecular flexibility index (Phi) is 8.66. The SMILES string of the molecule is COc1cc(O)c2c(c1C(=O)/C=C/c1ccc(O)cc1)O[C@H](c1ccc(O)cc1)C[C@@H]2CC(=O)CCc1ccc(O)cc1. The number of phenols is 4. The number of aromatic hydroxyl groups is 4. The first-order valence-corrected chi connectivity index (χ1v) is 13.9. The van der Waals surface area contributed by atoms with Crippen LogP contribution in [0.1, 0.15) is 63.9 Å². The molecule has 0 saturated heterocycles. The summed E-state index contributed by atoms with van der Waals surface area (Å²) in [6, 6.07) is 21.0. The summed E-state index contributed by atoms with van der Waals surface area (Å²) >= 11 is 0. The molecule has 8 nitrogen and oxygen atoms in total. The number of ether oxygens (including phenoxy) is 2. The van der Waals surface area contributed by atoms with E-state index in [0.717, 1.165) is 11.1 Å². The van der Waals surface area contributed by atoms with E-state index in [1.165, 1.54) is 31.4 Å². The van der Waals surface area contributed by atoms with E-state index >= 15 is 0 Å². The van der Waals surface area contributed by atoms with Gasteiger partial charge in [-0.3, -0.25) is 9.59 Å². The molecule has 4 aromatic rings. The Morgan fingerprint density at radius 1 is 0.884 bits per heavy atom. The molecule has 1 heterocycles. The van der Waals surface area contributed by atoms with Crippen molar-refractivity contribution in [2.24, 2.45) is 0 Å². The molecule has 0 spiro atoms. The molecule has 43 heavy (non-hydrogen) atoms. The molecule has 0 radical (unpaired) electrons. The van der Waals surface area contributed by atoms with Crippen LogP contribution in [0.2, 0.25) is 0 Å². The van der Waals surface area contributed by atoms with Crippen molar-refractivity contribution in [2.45, 2.75) is 37.7 Å². The lowest BCUT2D eigenvalue weighted by Crippen LogP contribution is -2.23. The van der Waals surface area contributed by atoms with Gasteiger partial charge in [0.2, 0.25) is 0 Å². The molecular formula is C35H32O8. The Morgan fingerprint density at radius 3 is 2.12 bits per heavy atom. The van der Waals surface area contributed by atoms with Crippen molar-refractivity contribution >= 4 is 17.6 Å². The summed E-state index contributed by atoms with van der Waals surface area (Å²) in [6.45, 7) is 0. The van der Waals surface area contributed by atoms with E-state index in [1.54, 1.807) is 66.7 Å². The molecule has 0 aliphatic carbocycles. The molecule has 1 aliphatic rings. The van der Waals surface area contributed by atoms with E-state index in [2.05, 4.69) is 0 Å². The number of phenolic OH excluding ortho intramolecular Hbond substituents is 4. The van der Waals surface area contributed by atoms with Crippen LogP contribution in [0.4, 0.5) is 0 Å². The average molecular weight is 581 g/mol. The van der Waals surface area contributed by atoms with Gasteiger partial charge in [0.25, 0.3) is 0 Å². The predicted octanol–water partition coefficient (Wildman–Crippen LogP) is 6.61. The maximum absolute atomic E-state index is 13.7. The van der Waals surface area contributed by atoms with Crippen LogP contribution < -0.4 is 9.47 Å². The summed E-state index contributed by atoms with van der Waals surface area (Å²) in [7, 11) is 1.40. The highest BCUT2D eigenvalue weighted by Crippen LogP contribution is 2.52. The third-order valence-corrected chi connectivity index (χ3v) is 7.58. The Bertz CT molecular complexity index is 1640. The summed E-state index contributed by atoms with van der Waals surface area (Å²) < 4.78 is 11.9. The van der Waals surface area contributed by atoms with Gasteiger partial charge in [0.1, 0.15) is 51.9 Å². The summed E-state index contributed by atoms with van der Waals surface area (Å²) in [4.78, 5) is 26.9. The van der Waals surface area contributed by atoms with Crippen LogP contribution in [0.15, 0.2) is 84.9 Å². The fraction of sp³-hybridized carbons (Fsp3) is 0.200. The van der Waals surface area contributed by atoms with Crippen LogP contribution in [0, 0.1) is 0 Å². The fourth-order valence-corrected chi connectivity index (χ4v) is 5.36. The summed E-state index contributed by atoms with van der Waals surface area (Å²) in [6.07, 6.45) is 3.63. The average Bonchev–Trinajstić information content (AvgIpc) is 3.00. The Hall–Kier alpha value is -5.24. The molecular weight excluding hydrogens is 548 g/mol. The maximum Gasteiger partial charge on any atom is 0.193 e. The van der Waals surface area contributed by atoms with Crippen molar-refractivity contribution in [3.63, 3.8) is 0 Å². The van der Waals surface area contributed by atoms with E-state index in [-0.39, 0.29) is 58.7 Å². The zero-order valence-corrected chi connectivity index (χ0v) is 23.6. The first-order chi connectivity index (χ1) is 20.7. The number of methoxy groups -OCH3 is 1. The molecule has 0 unspecified atom stereocenters. The number of carbonyl (C=O) groups excluding carboxylic acids is 2. The van der Waals surface area contributed by atoms with Crippen molar-refractivity contribution in [2.75, 3.05) is 7.11 Å². The number of Topliss-reactive ketones (excluding diaryl/α,β-unsaturated/α-hetero) is 1. The van der Waals surface area contributed by atoms with Crippen molar-refractivity contribution in [3.05, 3.63) is 113 Å². The van der Waals surface area contributed by atoms with Crippen LogP contribution in [-0.2, 0) is 11.2 Å². The van der Waals surface area contributed by atoms with Gasteiger partial charge in [-0.2, -0.15) is 0 Å². The molecule has 4 aromatic carbocycles. The Morgan fingerprint density at radius 2 is 1.49 bits per heavy atom. The number of rotatable bonds is 10. The molecule has 0 amide bonds. The van der Waals surface area contributed by atoms with Crippen LogP contribution >= 0.6 is 0 Å². The van der Waals surface area contributed by atoms with Gasteiger partial charge in [0, 0.05) is 30.4 Å². The molecule has 1 aliphatic heterocycles. The van der Waals surface area contributed by atoms with Crippen molar-refractivity contribution < 1.29 is 39.5 Å². The lowest BCUT2D eigenvalue weighted by molar-refractivity contribution is -0.119. The second-order valence-corrected chi connectivity index (χ2v) is 10.5. The highest BCUT2D eigenvalue weighted by molar-refractivity contribution is 6.11. The highest BCUT2D eigenvalue weighted by Gasteiger charge is 2.37.